The lowest BCUT2D eigenvalue weighted by Gasteiger charge is -2.19. The van der Waals surface area contributed by atoms with Gasteiger partial charge in [-0.2, -0.15) is 8.42 Å². The van der Waals surface area contributed by atoms with Crippen LogP contribution in [-0.2, 0) is 15.5 Å². The van der Waals surface area contributed by atoms with Crippen molar-refractivity contribution in [2.45, 2.75) is 31.1 Å². The summed E-state index contributed by atoms with van der Waals surface area (Å²) in [7, 11) is -4.09. The molecule has 1 N–H and O–H groups in total. The zero-order valence-corrected chi connectivity index (χ0v) is 10.5. The minimum atomic E-state index is -4.09. The van der Waals surface area contributed by atoms with E-state index in [1.807, 2.05) is 26.8 Å². The van der Waals surface area contributed by atoms with Gasteiger partial charge in [0.05, 0.1) is 4.90 Å². The number of halogens is 1. The molecule has 0 saturated carbocycles. The van der Waals surface area contributed by atoms with Crippen LogP contribution in [0.2, 0.25) is 0 Å². The van der Waals surface area contributed by atoms with E-state index in [0.717, 1.165) is 5.56 Å². The molecule has 0 atom stereocenters. The summed E-state index contributed by atoms with van der Waals surface area (Å²) in [6, 6.07) is 6.35. The standard InChI is InChI=1S/C10H14O3S.ClH/c1-10(2,3)8-5-4-6-9(7-8)14(11,12)13;/h4-7H,1-3H3,(H,11,12,13);1H. The van der Waals surface area contributed by atoms with Crippen LogP contribution in [0.25, 0.3) is 0 Å². The van der Waals surface area contributed by atoms with E-state index in [1.54, 1.807) is 6.07 Å². The van der Waals surface area contributed by atoms with E-state index < -0.39 is 10.1 Å². The maximum atomic E-state index is 10.9. The molecule has 1 aromatic rings. The Morgan fingerprint density at radius 2 is 1.73 bits per heavy atom. The summed E-state index contributed by atoms with van der Waals surface area (Å²) in [5.41, 5.74) is 0.758. The average Bonchev–Trinajstić information content (AvgIpc) is 2.01. The Morgan fingerprint density at radius 1 is 1.20 bits per heavy atom. The Hall–Kier alpha value is -0.580. The van der Waals surface area contributed by atoms with Crippen LogP contribution in [0, 0.1) is 0 Å². The molecule has 0 aromatic heterocycles. The third kappa shape index (κ3) is 3.81. The van der Waals surface area contributed by atoms with Crippen LogP contribution >= 0.6 is 12.4 Å². The highest BCUT2D eigenvalue weighted by Crippen LogP contribution is 2.24. The largest absolute Gasteiger partial charge is 0.294 e. The lowest BCUT2D eigenvalue weighted by atomic mass is 9.87. The fourth-order valence-electron chi connectivity index (χ4n) is 1.12. The lowest BCUT2D eigenvalue weighted by molar-refractivity contribution is 0.482. The Balaban J connectivity index is 0.00000196. The molecule has 5 heteroatoms. The maximum absolute atomic E-state index is 10.9. The van der Waals surface area contributed by atoms with Gasteiger partial charge in [-0.1, -0.05) is 32.9 Å². The summed E-state index contributed by atoms with van der Waals surface area (Å²) in [6.45, 7) is 5.95. The van der Waals surface area contributed by atoms with Gasteiger partial charge in [-0.3, -0.25) is 4.55 Å². The van der Waals surface area contributed by atoms with Gasteiger partial charge in [0.15, 0.2) is 0 Å². The summed E-state index contributed by atoms with van der Waals surface area (Å²) in [5.74, 6) is 0. The molecule has 0 aliphatic heterocycles. The summed E-state index contributed by atoms with van der Waals surface area (Å²) < 4.78 is 30.6. The third-order valence-electron chi connectivity index (χ3n) is 2.00. The topological polar surface area (TPSA) is 54.4 Å². The molecular formula is C10H15ClO3S. The van der Waals surface area contributed by atoms with Crippen molar-refractivity contribution in [2.24, 2.45) is 0 Å². The molecule has 0 spiro atoms. The number of hydrogen-bond acceptors (Lipinski definition) is 2. The Kier molecular flexibility index (Phi) is 4.34. The molecule has 0 amide bonds. The van der Waals surface area contributed by atoms with Gasteiger partial charge in [-0.15, -0.1) is 12.4 Å². The SMILES string of the molecule is CC(C)(C)c1cccc(S(=O)(=O)O)c1.Cl. The molecular weight excluding hydrogens is 236 g/mol. The van der Waals surface area contributed by atoms with Gasteiger partial charge in [0.25, 0.3) is 10.1 Å². The molecule has 0 saturated heterocycles. The van der Waals surface area contributed by atoms with Crippen molar-refractivity contribution in [3.8, 4) is 0 Å². The Morgan fingerprint density at radius 3 is 2.13 bits per heavy atom. The average molecular weight is 251 g/mol. The van der Waals surface area contributed by atoms with Crippen LogP contribution < -0.4 is 0 Å². The molecule has 0 heterocycles. The van der Waals surface area contributed by atoms with Crippen molar-refractivity contribution in [3.05, 3.63) is 29.8 Å². The van der Waals surface area contributed by atoms with Gasteiger partial charge in [0.2, 0.25) is 0 Å². The van der Waals surface area contributed by atoms with E-state index in [0.29, 0.717) is 0 Å². The van der Waals surface area contributed by atoms with Crippen molar-refractivity contribution < 1.29 is 13.0 Å². The molecule has 0 aliphatic rings. The molecule has 0 radical (unpaired) electrons. The normalized spacial score (nSPS) is 12.0. The zero-order valence-electron chi connectivity index (χ0n) is 8.89. The van der Waals surface area contributed by atoms with Crippen molar-refractivity contribution in [2.75, 3.05) is 0 Å². The van der Waals surface area contributed by atoms with Gasteiger partial charge in [-0.05, 0) is 23.1 Å². The van der Waals surface area contributed by atoms with E-state index in [2.05, 4.69) is 0 Å². The second-order valence-corrected chi connectivity index (χ2v) is 5.67. The fraction of sp³-hybridized carbons (Fsp3) is 0.400. The smallest absolute Gasteiger partial charge is 0.282 e. The van der Waals surface area contributed by atoms with Crippen molar-refractivity contribution >= 4 is 22.5 Å². The van der Waals surface area contributed by atoms with Crippen LogP contribution in [-0.4, -0.2) is 13.0 Å². The first-order valence-corrected chi connectivity index (χ1v) is 5.73. The van der Waals surface area contributed by atoms with Crippen LogP contribution in [0.1, 0.15) is 26.3 Å². The van der Waals surface area contributed by atoms with E-state index in [9.17, 15) is 8.42 Å². The van der Waals surface area contributed by atoms with E-state index in [4.69, 9.17) is 4.55 Å². The summed E-state index contributed by atoms with van der Waals surface area (Å²) in [5, 5.41) is 0. The monoisotopic (exact) mass is 250 g/mol. The molecule has 1 rings (SSSR count). The third-order valence-corrected chi connectivity index (χ3v) is 2.85. The summed E-state index contributed by atoms with van der Waals surface area (Å²) in [4.78, 5) is -0.0510. The van der Waals surface area contributed by atoms with E-state index in [1.165, 1.54) is 12.1 Å². The van der Waals surface area contributed by atoms with Gasteiger partial charge in [-0.25, -0.2) is 0 Å². The van der Waals surface area contributed by atoms with Crippen LogP contribution in [0.4, 0.5) is 0 Å². The highest BCUT2D eigenvalue weighted by molar-refractivity contribution is 7.85. The van der Waals surface area contributed by atoms with Crippen LogP contribution in [0.5, 0.6) is 0 Å². The Labute approximate surface area is 96.7 Å². The predicted octanol–water partition coefficient (Wildman–Crippen LogP) is 2.65. The second kappa shape index (κ2) is 4.51. The quantitative estimate of drug-likeness (QED) is 0.780. The van der Waals surface area contributed by atoms with Gasteiger partial charge in [0.1, 0.15) is 0 Å². The van der Waals surface area contributed by atoms with Gasteiger partial charge < -0.3 is 0 Å². The number of benzene rings is 1. The van der Waals surface area contributed by atoms with Crippen LogP contribution in [0.15, 0.2) is 29.2 Å². The molecule has 0 bridgehead atoms. The minimum absolute atomic E-state index is 0. The fourth-order valence-corrected chi connectivity index (χ4v) is 1.65. The molecule has 0 unspecified atom stereocenters. The molecule has 0 fully saturated rings. The van der Waals surface area contributed by atoms with Crippen molar-refractivity contribution in [1.29, 1.82) is 0 Å². The number of rotatable bonds is 1. The van der Waals surface area contributed by atoms with Crippen molar-refractivity contribution in [1.82, 2.24) is 0 Å². The summed E-state index contributed by atoms with van der Waals surface area (Å²) in [6.07, 6.45) is 0. The molecule has 3 nitrogen and oxygen atoms in total. The summed E-state index contributed by atoms with van der Waals surface area (Å²) >= 11 is 0. The molecule has 15 heavy (non-hydrogen) atoms. The van der Waals surface area contributed by atoms with Gasteiger partial charge in [0, 0.05) is 0 Å². The lowest BCUT2D eigenvalue weighted by Crippen LogP contribution is -2.12. The van der Waals surface area contributed by atoms with Crippen LogP contribution in [0.3, 0.4) is 0 Å². The van der Waals surface area contributed by atoms with E-state index >= 15 is 0 Å². The first-order chi connectivity index (χ1) is 6.21. The molecule has 1 aromatic carbocycles. The van der Waals surface area contributed by atoms with Crippen molar-refractivity contribution in [3.63, 3.8) is 0 Å². The Bertz CT molecular complexity index is 432. The predicted molar refractivity (Wildman–Crippen MR) is 62.2 cm³/mol. The first-order valence-electron chi connectivity index (χ1n) is 4.29. The van der Waals surface area contributed by atoms with Gasteiger partial charge >= 0.3 is 0 Å². The first kappa shape index (κ1) is 14.4. The maximum Gasteiger partial charge on any atom is 0.294 e. The number of hydrogen-bond donors (Lipinski definition) is 1. The molecule has 86 valence electrons. The second-order valence-electron chi connectivity index (χ2n) is 4.25. The zero-order chi connectivity index (χ0) is 11.0. The molecule has 0 aliphatic carbocycles. The minimum Gasteiger partial charge on any atom is -0.282 e. The highest BCUT2D eigenvalue weighted by Gasteiger charge is 2.16. The highest BCUT2D eigenvalue weighted by atomic mass is 35.5. The van der Waals surface area contributed by atoms with E-state index in [-0.39, 0.29) is 22.7 Å².